The van der Waals surface area contributed by atoms with Crippen LogP contribution in [0.25, 0.3) is 10.9 Å². The molecule has 3 rings (SSSR count). The van der Waals surface area contributed by atoms with E-state index in [0.29, 0.717) is 16.6 Å². The van der Waals surface area contributed by atoms with Crippen LogP contribution in [-0.4, -0.2) is 9.78 Å². The molecule has 3 aromatic rings. The summed E-state index contributed by atoms with van der Waals surface area (Å²) >= 11 is 12.0. The largest absolute Gasteiger partial charge is 0.381 e. The van der Waals surface area contributed by atoms with Crippen molar-refractivity contribution in [3.8, 4) is 0 Å². The SMILES string of the molecule is Cn1ncc2cc(NCc3ccc(Cl)cc3Cl)ccc21. The standard InChI is InChI=1S/C15H13Cl2N3/c1-20-15-5-4-13(6-11(15)9-19-20)18-8-10-2-3-12(16)7-14(10)17/h2-7,9,18H,8H2,1H3. The van der Waals surface area contributed by atoms with Gasteiger partial charge in [-0.15, -0.1) is 0 Å². The van der Waals surface area contributed by atoms with Gasteiger partial charge in [0.25, 0.3) is 0 Å². The summed E-state index contributed by atoms with van der Waals surface area (Å²) < 4.78 is 1.86. The van der Waals surface area contributed by atoms with E-state index >= 15 is 0 Å². The molecule has 3 nitrogen and oxygen atoms in total. The number of rotatable bonds is 3. The third-order valence-electron chi connectivity index (χ3n) is 3.24. The first-order valence-electron chi connectivity index (χ1n) is 6.23. The van der Waals surface area contributed by atoms with E-state index < -0.39 is 0 Å². The van der Waals surface area contributed by atoms with Crippen LogP contribution in [0.2, 0.25) is 10.0 Å². The molecule has 0 saturated heterocycles. The van der Waals surface area contributed by atoms with Crippen molar-refractivity contribution >= 4 is 39.8 Å². The Morgan fingerprint density at radius 3 is 2.80 bits per heavy atom. The highest BCUT2D eigenvalue weighted by molar-refractivity contribution is 6.35. The van der Waals surface area contributed by atoms with Gasteiger partial charge in [-0.1, -0.05) is 29.3 Å². The number of halogens is 2. The summed E-state index contributed by atoms with van der Waals surface area (Å²) in [4.78, 5) is 0. The highest BCUT2D eigenvalue weighted by Gasteiger charge is 2.03. The zero-order chi connectivity index (χ0) is 14.1. The minimum absolute atomic E-state index is 0.649. The summed E-state index contributed by atoms with van der Waals surface area (Å²) in [5.74, 6) is 0. The topological polar surface area (TPSA) is 29.9 Å². The number of aromatic nitrogens is 2. The predicted molar refractivity (Wildman–Crippen MR) is 84.5 cm³/mol. The molecule has 0 aliphatic rings. The van der Waals surface area contributed by atoms with Crippen LogP contribution < -0.4 is 5.32 Å². The smallest absolute Gasteiger partial charge is 0.0680 e. The first-order valence-corrected chi connectivity index (χ1v) is 6.98. The van der Waals surface area contributed by atoms with Crippen LogP contribution >= 0.6 is 23.2 Å². The fourth-order valence-corrected chi connectivity index (χ4v) is 2.61. The Balaban J connectivity index is 1.79. The van der Waals surface area contributed by atoms with Crippen LogP contribution in [0.15, 0.2) is 42.6 Å². The van der Waals surface area contributed by atoms with Crippen molar-refractivity contribution in [2.45, 2.75) is 6.54 Å². The Hall–Kier alpha value is -1.71. The molecule has 2 aromatic carbocycles. The van der Waals surface area contributed by atoms with E-state index in [4.69, 9.17) is 23.2 Å². The van der Waals surface area contributed by atoms with E-state index in [1.807, 2.05) is 42.2 Å². The van der Waals surface area contributed by atoms with Gasteiger partial charge >= 0.3 is 0 Å². The highest BCUT2D eigenvalue weighted by Crippen LogP contribution is 2.23. The van der Waals surface area contributed by atoms with Crippen molar-refractivity contribution in [1.29, 1.82) is 0 Å². The Morgan fingerprint density at radius 1 is 1.15 bits per heavy atom. The molecule has 1 aromatic heterocycles. The van der Waals surface area contributed by atoms with Crippen molar-refractivity contribution < 1.29 is 0 Å². The molecule has 0 fully saturated rings. The normalized spacial score (nSPS) is 10.9. The summed E-state index contributed by atoms with van der Waals surface area (Å²) in [6.45, 7) is 0.655. The van der Waals surface area contributed by atoms with Crippen LogP contribution in [0.3, 0.4) is 0 Å². The lowest BCUT2D eigenvalue weighted by atomic mass is 10.2. The van der Waals surface area contributed by atoms with Crippen molar-refractivity contribution in [2.24, 2.45) is 7.05 Å². The maximum Gasteiger partial charge on any atom is 0.0680 e. The zero-order valence-electron chi connectivity index (χ0n) is 10.9. The van der Waals surface area contributed by atoms with Gasteiger partial charge in [0.15, 0.2) is 0 Å². The second-order valence-corrected chi connectivity index (χ2v) is 5.47. The maximum absolute atomic E-state index is 6.16. The average molecular weight is 306 g/mol. The van der Waals surface area contributed by atoms with E-state index in [0.717, 1.165) is 22.2 Å². The van der Waals surface area contributed by atoms with Crippen LogP contribution in [-0.2, 0) is 13.6 Å². The summed E-state index contributed by atoms with van der Waals surface area (Å²) in [5, 5.41) is 10.0. The van der Waals surface area contributed by atoms with Crippen LogP contribution in [0.1, 0.15) is 5.56 Å². The van der Waals surface area contributed by atoms with Gasteiger partial charge in [-0.05, 0) is 35.9 Å². The molecule has 102 valence electrons. The van der Waals surface area contributed by atoms with Gasteiger partial charge in [-0.25, -0.2) is 0 Å². The van der Waals surface area contributed by atoms with Crippen LogP contribution in [0.5, 0.6) is 0 Å². The average Bonchev–Trinajstić information content (AvgIpc) is 2.79. The Kier molecular flexibility index (Phi) is 3.55. The molecule has 0 atom stereocenters. The maximum atomic E-state index is 6.16. The van der Waals surface area contributed by atoms with Gasteiger partial charge < -0.3 is 5.32 Å². The van der Waals surface area contributed by atoms with Gasteiger partial charge in [0.1, 0.15) is 0 Å². The Morgan fingerprint density at radius 2 is 2.00 bits per heavy atom. The molecular weight excluding hydrogens is 293 g/mol. The van der Waals surface area contributed by atoms with Gasteiger partial charge in [-0.2, -0.15) is 5.10 Å². The van der Waals surface area contributed by atoms with Crippen molar-refractivity contribution in [3.05, 3.63) is 58.2 Å². The molecule has 0 saturated carbocycles. The predicted octanol–water partition coefficient (Wildman–Crippen LogP) is 4.49. The third-order valence-corrected chi connectivity index (χ3v) is 3.83. The molecular formula is C15H13Cl2N3. The summed E-state index contributed by atoms with van der Waals surface area (Å²) in [7, 11) is 1.93. The number of nitrogens with zero attached hydrogens (tertiary/aromatic N) is 2. The van der Waals surface area contributed by atoms with E-state index in [9.17, 15) is 0 Å². The zero-order valence-corrected chi connectivity index (χ0v) is 12.4. The molecule has 1 heterocycles. The van der Waals surface area contributed by atoms with E-state index in [1.54, 1.807) is 6.07 Å². The minimum atomic E-state index is 0.649. The molecule has 0 aliphatic heterocycles. The van der Waals surface area contributed by atoms with E-state index in [2.05, 4.69) is 16.5 Å². The molecule has 0 amide bonds. The first-order chi connectivity index (χ1) is 9.63. The molecule has 5 heteroatoms. The number of benzene rings is 2. The number of anilines is 1. The lowest BCUT2D eigenvalue weighted by Crippen LogP contribution is -2.00. The van der Waals surface area contributed by atoms with Crippen LogP contribution in [0.4, 0.5) is 5.69 Å². The monoisotopic (exact) mass is 305 g/mol. The fraction of sp³-hybridized carbons (Fsp3) is 0.133. The number of fused-ring (bicyclic) bond motifs is 1. The van der Waals surface area contributed by atoms with Crippen molar-refractivity contribution in [3.63, 3.8) is 0 Å². The van der Waals surface area contributed by atoms with E-state index in [1.165, 1.54) is 0 Å². The van der Waals surface area contributed by atoms with E-state index in [-0.39, 0.29) is 0 Å². The second kappa shape index (κ2) is 5.35. The lowest BCUT2D eigenvalue weighted by Gasteiger charge is -2.08. The first kappa shape index (κ1) is 13.3. The van der Waals surface area contributed by atoms with Crippen LogP contribution in [0, 0.1) is 0 Å². The lowest BCUT2D eigenvalue weighted by molar-refractivity contribution is 0.797. The van der Waals surface area contributed by atoms with Crippen molar-refractivity contribution in [1.82, 2.24) is 9.78 Å². The number of hydrogen-bond acceptors (Lipinski definition) is 2. The summed E-state index contributed by atoms with van der Waals surface area (Å²) in [6, 6.07) is 11.7. The number of aryl methyl sites for hydroxylation is 1. The quantitative estimate of drug-likeness (QED) is 0.772. The second-order valence-electron chi connectivity index (χ2n) is 4.63. The minimum Gasteiger partial charge on any atom is -0.381 e. The fourth-order valence-electron chi connectivity index (χ4n) is 2.14. The molecule has 1 N–H and O–H groups in total. The Labute approximate surface area is 127 Å². The van der Waals surface area contributed by atoms with Gasteiger partial charge in [0, 0.05) is 34.7 Å². The summed E-state index contributed by atoms with van der Waals surface area (Å²) in [5.41, 5.74) is 3.17. The molecule has 0 aliphatic carbocycles. The highest BCUT2D eigenvalue weighted by atomic mass is 35.5. The molecule has 0 bridgehead atoms. The number of nitrogens with one attached hydrogen (secondary N) is 1. The molecule has 20 heavy (non-hydrogen) atoms. The van der Waals surface area contributed by atoms with Crippen molar-refractivity contribution in [2.75, 3.05) is 5.32 Å². The Bertz CT molecular complexity index is 765. The van der Waals surface area contributed by atoms with Gasteiger partial charge in [0.05, 0.1) is 11.7 Å². The molecule has 0 radical (unpaired) electrons. The molecule has 0 unspecified atom stereocenters. The summed E-state index contributed by atoms with van der Waals surface area (Å²) in [6.07, 6.45) is 1.86. The number of hydrogen-bond donors (Lipinski definition) is 1. The van der Waals surface area contributed by atoms with Gasteiger partial charge in [-0.3, -0.25) is 4.68 Å². The van der Waals surface area contributed by atoms with Gasteiger partial charge in [0.2, 0.25) is 0 Å². The third kappa shape index (κ3) is 2.60. The molecule has 0 spiro atoms.